The van der Waals surface area contributed by atoms with Gasteiger partial charge < -0.3 is 15.0 Å². The zero-order valence-electron chi connectivity index (χ0n) is 15.6. The quantitative estimate of drug-likeness (QED) is 0.779. The summed E-state index contributed by atoms with van der Waals surface area (Å²) >= 11 is 0. The number of hydrogen-bond donors (Lipinski definition) is 2. The second-order valence-electron chi connectivity index (χ2n) is 6.92. The van der Waals surface area contributed by atoms with Crippen LogP contribution in [-0.4, -0.2) is 50.2 Å². The molecular weight excluding hydrogens is 330 g/mol. The van der Waals surface area contributed by atoms with Gasteiger partial charge in [0, 0.05) is 7.05 Å². The lowest BCUT2D eigenvalue weighted by molar-refractivity contribution is -0.900. The zero-order valence-corrected chi connectivity index (χ0v) is 15.6. The van der Waals surface area contributed by atoms with Gasteiger partial charge in [-0.3, -0.25) is 4.90 Å². The average Bonchev–Trinajstić information content (AvgIpc) is 2.67. The predicted molar refractivity (Wildman–Crippen MR) is 98.6 cm³/mol. The first-order chi connectivity index (χ1) is 12.6. The zero-order chi connectivity index (χ0) is 18.5. The van der Waals surface area contributed by atoms with E-state index in [1.54, 1.807) is 18.9 Å². The predicted octanol–water partition coefficient (Wildman–Crippen LogP) is 1.27. The van der Waals surface area contributed by atoms with Gasteiger partial charge in [0.1, 0.15) is 6.54 Å². The molecule has 1 saturated heterocycles. The van der Waals surface area contributed by atoms with Crippen LogP contribution in [0.2, 0.25) is 0 Å². The molecule has 0 bridgehead atoms. The Hall–Kier alpha value is -2.34. The molecule has 3 rings (SSSR count). The number of amides is 2. The summed E-state index contributed by atoms with van der Waals surface area (Å²) in [5, 5.41) is 2.96. The molecule has 1 atom stereocenters. The number of carbonyl (C=O) groups excluding carboxylic acids is 2. The molecule has 2 aliphatic heterocycles. The monoisotopic (exact) mass is 358 g/mol. The molecule has 6 heteroatoms. The lowest BCUT2D eigenvalue weighted by Crippen LogP contribution is -3.13. The Bertz CT molecular complexity index is 681. The minimum Gasteiger partial charge on any atom is -0.463 e. The van der Waals surface area contributed by atoms with Crippen LogP contribution in [0.5, 0.6) is 0 Å². The molecule has 2 heterocycles. The first-order valence-corrected chi connectivity index (χ1v) is 9.44. The van der Waals surface area contributed by atoms with Crippen molar-refractivity contribution in [1.29, 1.82) is 0 Å². The van der Waals surface area contributed by atoms with E-state index >= 15 is 0 Å². The van der Waals surface area contributed by atoms with E-state index < -0.39 is 6.04 Å². The fraction of sp³-hybridized carbons (Fsp3) is 0.500. The Kier molecular flexibility index (Phi) is 5.93. The summed E-state index contributed by atoms with van der Waals surface area (Å²) in [5.74, 6) is -0.348. The van der Waals surface area contributed by atoms with Gasteiger partial charge in [-0.15, -0.1) is 0 Å². The number of quaternary nitrogens is 1. The highest BCUT2D eigenvalue weighted by molar-refractivity contribution is 5.95. The Morgan fingerprint density at radius 1 is 1.23 bits per heavy atom. The van der Waals surface area contributed by atoms with Crippen LogP contribution in [0.25, 0.3) is 0 Å². The number of piperidine rings is 1. The summed E-state index contributed by atoms with van der Waals surface area (Å²) in [6.07, 6.45) is 3.64. The van der Waals surface area contributed by atoms with Gasteiger partial charge in [0.25, 0.3) is 0 Å². The van der Waals surface area contributed by atoms with Gasteiger partial charge in [-0.1, -0.05) is 30.3 Å². The van der Waals surface area contributed by atoms with Gasteiger partial charge in [-0.2, -0.15) is 0 Å². The third-order valence-corrected chi connectivity index (χ3v) is 5.18. The van der Waals surface area contributed by atoms with Crippen molar-refractivity contribution in [2.45, 2.75) is 32.2 Å². The third kappa shape index (κ3) is 3.90. The number of likely N-dealkylation sites (tertiary alicyclic amines) is 1. The lowest BCUT2D eigenvalue weighted by Gasteiger charge is -2.36. The molecule has 1 fully saturated rings. The molecule has 0 unspecified atom stereocenters. The Morgan fingerprint density at radius 3 is 2.58 bits per heavy atom. The van der Waals surface area contributed by atoms with E-state index in [2.05, 4.69) is 5.32 Å². The van der Waals surface area contributed by atoms with Crippen LogP contribution in [0.1, 0.15) is 37.8 Å². The van der Waals surface area contributed by atoms with Crippen LogP contribution >= 0.6 is 0 Å². The highest BCUT2D eigenvalue weighted by Gasteiger charge is 2.38. The molecular formula is C20H28N3O3+. The van der Waals surface area contributed by atoms with Crippen LogP contribution in [0.4, 0.5) is 4.79 Å². The molecule has 1 aromatic carbocycles. The minimum absolute atomic E-state index is 0.182. The largest absolute Gasteiger partial charge is 0.463 e. The average molecular weight is 358 g/mol. The standard InChI is InChI=1S/C20H27N3O3/c1-3-26-19(24)17-16(14-23-12-8-5-9-13-23)22(2)20(25)21-18(17)15-10-6-4-7-11-15/h4,6-7,10-11,18H,3,5,8-9,12-14H2,1-2H3,(H,21,25)/p+1/t18-/m0/s1. The maximum Gasteiger partial charge on any atom is 0.338 e. The van der Waals surface area contributed by atoms with Gasteiger partial charge in [0.15, 0.2) is 0 Å². The van der Waals surface area contributed by atoms with Crippen LogP contribution < -0.4 is 10.2 Å². The van der Waals surface area contributed by atoms with Crippen molar-refractivity contribution in [2.24, 2.45) is 0 Å². The number of urea groups is 1. The summed E-state index contributed by atoms with van der Waals surface area (Å²) in [7, 11) is 1.73. The summed E-state index contributed by atoms with van der Waals surface area (Å²) in [6.45, 7) is 4.93. The van der Waals surface area contributed by atoms with Gasteiger partial charge in [-0.25, -0.2) is 9.59 Å². The van der Waals surface area contributed by atoms with Crippen molar-refractivity contribution in [1.82, 2.24) is 10.2 Å². The Morgan fingerprint density at radius 2 is 1.92 bits per heavy atom. The number of rotatable bonds is 5. The fourth-order valence-corrected chi connectivity index (χ4v) is 3.78. The van der Waals surface area contributed by atoms with Crippen molar-refractivity contribution < 1.29 is 19.2 Å². The normalized spacial score (nSPS) is 21.5. The highest BCUT2D eigenvalue weighted by atomic mass is 16.5. The van der Waals surface area contributed by atoms with E-state index in [-0.39, 0.29) is 12.0 Å². The lowest BCUT2D eigenvalue weighted by atomic mass is 9.94. The van der Waals surface area contributed by atoms with E-state index in [0.717, 1.165) is 24.4 Å². The number of likely N-dealkylation sites (N-methyl/N-ethyl adjacent to an activating group) is 1. The van der Waals surface area contributed by atoms with Crippen molar-refractivity contribution in [3.05, 3.63) is 47.2 Å². The third-order valence-electron chi connectivity index (χ3n) is 5.18. The second-order valence-corrected chi connectivity index (χ2v) is 6.92. The second kappa shape index (κ2) is 8.36. The minimum atomic E-state index is -0.474. The molecule has 1 aromatic rings. The molecule has 0 radical (unpaired) electrons. The van der Waals surface area contributed by atoms with Gasteiger partial charge >= 0.3 is 12.0 Å². The van der Waals surface area contributed by atoms with Crippen molar-refractivity contribution in [3.8, 4) is 0 Å². The number of carbonyl (C=O) groups is 2. The SMILES string of the molecule is CCOC(=O)C1=C(C[NH+]2CCCCC2)N(C)C(=O)N[C@H]1c1ccccc1. The fourth-order valence-electron chi connectivity index (χ4n) is 3.78. The Labute approximate surface area is 154 Å². The number of esters is 1. The van der Waals surface area contributed by atoms with E-state index in [1.165, 1.54) is 24.2 Å². The van der Waals surface area contributed by atoms with Gasteiger partial charge in [0.2, 0.25) is 0 Å². The number of nitrogens with zero attached hydrogens (tertiary/aromatic N) is 1. The summed E-state index contributed by atoms with van der Waals surface area (Å²) < 4.78 is 5.35. The van der Waals surface area contributed by atoms with Crippen LogP contribution in [0.3, 0.4) is 0 Å². The van der Waals surface area contributed by atoms with E-state index in [4.69, 9.17) is 4.74 Å². The van der Waals surface area contributed by atoms with E-state index in [0.29, 0.717) is 18.7 Å². The molecule has 0 aliphatic carbocycles. The smallest absolute Gasteiger partial charge is 0.338 e. The molecule has 0 aromatic heterocycles. The van der Waals surface area contributed by atoms with E-state index in [1.807, 2.05) is 30.3 Å². The number of hydrogen-bond acceptors (Lipinski definition) is 3. The van der Waals surface area contributed by atoms with Crippen LogP contribution in [-0.2, 0) is 9.53 Å². The first kappa shape index (κ1) is 18.5. The summed E-state index contributed by atoms with van der Waals surface area (Å²) in [4.78, 5) is 28.4. The molecule has 26 heavy (non-hydrogen) atoms. The van der Waals surface area contributed by atoms with Gasteiger partial charge in [0.05, 0.1) is 37.0 Å². The number of nitrogens with one attached hydrogen (secondary N) is 2. The molecule has 0 saturated carbocycles. The maximum absolute atomic E-state index is 12.8. The molecule has 2 N–H and O–H groups in total. The van der Waals surface area contributed by atoms with Crippen molar-refractivity contribution in [3.63, 3.8) is 0 Å². The molecule has 0 spiro atoms. The highest BCUT2D eigenvalue weighted by Crippen LogP contribution is 2.30. The first-order valence-electron chi connectivity index (χ1n) is 9.44. The van der Waals surface area contributed by atoms with Crippen LogP contribution in [0.15, 0.2) is 41.6 Å². The van der Waals surface area contributed by atoms with Crippen molar-refractivity contribution >= 4 is 12.0 Å². The van der Waals surface area contributed by atoms with Crippen LogP contribution in [0, 0.1) is 0 Å². The number of ether oxygens (including phenoxy) is 1. The van der Waals surface area contributed by atoms with Crippen molar-refractivity contribution in [2.75, 3.05) is 33.3 Å². The summed E-state index contributed by atoms with van der Waals surface area (Å²) in [5.41, 5.74) is 2.22. The topological polar surface area (TPSA) is 63.1 Å². The molecule has 2 aliphatic rings. The molecule has 2 amide bonds. The Balaban J connectivity index is 2.02. The van der Waals surface area contributed by atoms with Gasteiger partial charge in [-0.05, 0) is 31.7 Å². The summed E-state index contributed by atoms with van der Waals surface area (Å²) in [6, 6.07) is 8.96. The molecule has 140 valence electrons. The number of benzene rings is 1. The molecule has 6 nitrogen and oxygen atoms in total. The maximum atomic E-state index is 12.8. The van der Waals surface area contributed by atoms with E-state index in [9.17, 15) is 9.59 Å².